The van der Waals surface area contributed by atoms with Gasteiger partial charge in [-0.25, -0.2) is 15.0 Å². The second-order valence-electron chi connectivity index (χ2n) is 5.06. The van der Waals surface area contributed by atoms with Crippen molar-refractivity contribution in [1.29, 1.82) is 0 Å². The highest BCUT2D eigenvalue weighted by atomic mass is 16.2. The molecule has 0 saturated heterocycles. The summed E-state index contributed by atoms with van der Waals surface area (Å²) < 4.78 is 0. The number of hydrogen-bond donors (Lipinski definition) is 2. The first-order valence-corrected chi connectivity index (χ1v) is 7.11. The normalized spacial score (nSPS) is 14.0. The number of likely N-dealkylation sites (N-methyl/N-ethyl adjacent to an activating group) is 1. The highest BCUT2D eigenvalue weighted by Crippen LogP contribution is 2.28. The van der Waals surface area contributed by atoms with Crippen molar-refractivity contribution < 1.29 is 4.79 Å². The number of aromatic nitrogens is 4. The molecule has 7 heteroatoms. The van der Waals surface area contributed by atoms with E-state index in [2.05, 4.69) is 25.3 Å². The summed E-state index contributed by atoms with van der Waals surface area (Å²) in [5, 5.41) is 4.01. The third-order valence-electron chi connectivity index (χ3n) is 3.73. The van der Waals surface area contributed by atoms with Crippen LogP contribution in [0.15, 0.2) is 30.7 Å². The van der Waals surface area contributed by atoms with E-state index in [1.165, 1.54) is 0 Å². The van der Waals surface area contributed by atoms with Gasteiger partial charge in [-0.05, 0) is 19.1 Å². The molecule has 0 atom stereocenters. The average Bonchev–Trinajstić information content (AvgIpc) is 3.01. The van der Waals surface area contributed by atoms with Crippen molar-refractivity contribution in [2.75, 3.05) is 23.3 Å². The Morgan fingerprint density at radius 2 is 2.23 bits per heavy atom. The van der Waals surface area contributed by atoms with E-state index in [1.54, 1.807) is 17.3 Å². The zero-order valence-electron chi connectivity index (χ0n) is 12.0. The third-order valence-corrected chi connectivity index (χ3v) is 3.73. The van der Waals surface area contributed by atoms with Crippen LogP contribution in [-0.2, 0) is 4.79 Å². The smallest absolute Gasteiger partial charge is 0.247 e. The molecule has 2 N–H and O–H groups in total. The van der Waals surface area contributed by atoms with Gasteiger partial charge in [-0.3, -0.25) is 9.69 Å². The molecule has 0 spiro atoms. The van der Waals surface area contributed by atoms with Gasteiger partial charge in [0.1, 0.15) is 5.65 Å². The molecule has 0 bridgehead atoms. The van der Waals surface area contributed by atoms with E-state index >= 15 is 0 Å². The quantitative estimate of drug-likeness (QED) is 0.752. The maximum Gasteiger partial charge on any atom is 0.247 e. The molecule has 0 saturated carbocycles. The van der Waals surface area contributed by atoms with Gasteiger partial charge in [0.15, 0.2) is 11.6 Å². The molecule has 0 radical (unpaired) electrons. The van der Waals surface area contributed by atoms with Crippen molar-refractivity contribution >= 4 is 28.6 Å². The highest BCUT2D eigenvalue weighted by molar-refractivity contribution is 6.00. The van der Waals surface area contributed by atoms with E-state index in [4.69, 9.17) is 0 Å². The molecule has 4 rings (SSSR count). The largest absolute Gasteiger partial charge is 0.358 e. The fourth-order valence-corrected chi connectivity index (χ4v) is 2.61. The Hall–Kier alpha value is -2.96. The number of nitrogens with one attached hydrogen (secondary N) is 2. The first-order chi connectivity index (χ1) is 10.8. The number of aromatic amines is 1. The van der Waals surface area contributed by atoms with Crippen molar-refractivity contribution in [3.8, 4) is 11.3 Å². The summed E-state index contributed by atoms with van der Waals surface area (Å²) in [5.74, 6) is 1.21. The van der Waals surface area contributed by atoms with Gasteiger partial charge in [0.05, 0.1) is 18.4 Å². The lowest BCUT2D eigenvalue weighted by Crippen LogP contribution is -2.40. The number of amides is 1. The molecule has 0 aromatic carbocycles. The monoisotopic (exact) mass is 294 g/mol. The summed E-state index contributed by atoms with van der Waals surface area (Å²) in [4.78, 5) is 30.0. The minimum Gasteiger partial charge on any atom is -0.358 e. The summed E-state index contributed by atoms with van der Waals surface area (Å²) in [6.45, 7) is 2.75. The van der Waals surface area contributed by atoms with Crippen molar-refractivity contribution in [1.82, 2.24) is 19.9 Å². The Balaban J connectivity index is 1.82. The van der Waals surface area contributed by atoms with E-state index in [1.807, 2.05) is 25.3 Å². The maximum atomic E-state index is 12.0. The van der Waals surface area contributed by atoms with E-state index in [0.29, 0.717) is 23.9 Å². The maximum absolute atomic E-state index is 12.0. The lowest BCUT2D eigenvalue weighted by molar-refractivity contribution is -0.117. The molecule has 22 heavy (non-hydrogen) atoms. The Kier molecular flexibility index (Phi) is 2.78. The number of anilines is 2. The lowest BCUT2D eigenvalue weighted by atomic mass is 10.2. The zero-order chi connectivity index (χ0) is 15.1. The summed E-state index contributed by atoms with van der Waals surface area (Å²) in [6.07, 6.45) is 5.30. The van der Waals surface area contributed by atoms with Crippen LogP contribution >= 0.6 is 0 Å². The predicted octanol–water partition coefficient (Wildman–Crippen LogP) is 1.80. The molecule has 110 valence electrons. The summed E-state index contributed by atoms with van der Waals surface area (Å²) >= 11 is 0. The highest BCUT2D eigenvalue weighted by Gasteiger charge is 2.25. The molecular formula is C15H14N6O. The molecular weight excluding hydrogens is 280 g/mol. The van der Waals surface area contributed by atoms with Gasteiger partial charge >= 0.3 is 0 Å². The number of carbonyl (C=O) groups excluding carboxylic acids is 1. The molecule has 0 aliphatic carbocycles. The van der Waals surface area contributed by atoms with Crippen LogP contribution in [0.3, 0.4) is 0 Å². The Labute approximate surface area is 126 Å². The average molecular weight is 294 g/mol. The Morgan fingerprint density at radius 3 is 3.09 bits per heavy atom. The van der Waals surface area contributed by atoms with Gasteiger partial charge in [0.25, 0.3) is 0 Å². The van der Waals surface area contributed by atoms with Crippen LogP contribution in [0.25, 0.3) is 22.3 Å². The van der Waals surface area contributed by atoms with Crippen LogP contribution in [0.5, 0.6) is 0 Å². The van der Waals surface area contributed by atoms with Gasteiger partial charge in [-0.15, -0.1) is 0 Å². The predicted molar refractivity (Wildman–Crippen MR) is 83.6 cm³/mol. The number of H-pyrrole nitrogens is 1. The minimum absolute atomic E-state index is 0.000613. The van der Waals surface area contributed by atoms with E-state index < -0.39 is 0 Å². The fraction of sp³-hybridized carbons (Fsp3) is 0.200. The van der Waals surface area contributed by atoms with Crippen LogP contribution in [0.2, 0.25) is 0 Å². The zero-order valence-corrected chi connectivity index (χ0v) is 12.0. The second kappa shape index (κ2) is 4.80. The van der Waals surface area contributed by atoms with Gasteiger partial charge < -0.3 is 10.3 Å². The van der Waals surface area contributed by atoms with Crippen LogP contribution in [0.1, 0.15) is 6.92 Å². The molecule has 0 unspecified atom stereocenters. The van der Waals surface area contributed by atoms with Gasteiger partial charge in [0.2, 0.25) is 5.91 Å². The first kappa shape index (κ1) is 12.8. The van der Waals surface area contributed by atoms with E-state index in [9.17, 15) is 4.79 Å². The number of fused-ring (bicyclic) bond motifs is 2. The SMILES string of the molecule is CCN1C(=O)CNc2ncc(-c3cnc4[nH]ccc4c3)nc21. The van der Waals surface area contributed by atoms with E-state index in [0.717, 1.165) is 16.6 Å². The topological polar surface area (TPSA) is 86.8 Å². The van der Waals surface area contributed by atoms with Crippen LogP contribution in [0, 0.1) is 0 Å². The number of carbonyl (C=O) groups is 1. The number of nitrogens with zero attached hydrogens (tertiary/aromatic N) is 4. The molecule has 7 nitrogen and oxygen atoms in total. The molecule has 3 aromatic rings. The molecule has 1 amide bonds. The molecule has 3 aromatic heterocycles. The number of hydrogen-bond acceptors (Lipinski definition) is 5. The Morgan fingerprint density at radius 1 is 1.32 bits per heavy atom. The van der Waals surface area contributed by atoms with Crippen molar-refractivity contribution in [3.63, 3.8) is 0 Å². The van der Waals surface area contributed by atoms with E-state index in [-0.39, 0.29) is 12.5 Å². The Bertz CT molecular complexity index is 871. The van der Waals surface area contributed by atoms with Gasteiger partial charge in [-0.1, -0.05) is 0 Å². The third kappa shape index (κ3) is 1.90. The molecule has 1 aliphatic heterocycles. The molecule has 4 heterocycles. The van der Waals surface area contributed by atoms with Crippen molar-refractivity contribution in [3.05, 3.63) is 30.7 Å². The van der Waals surface area contributed by atoms with Gasteiger partial charge in [0, 0.05) is 29.9 Å². The van der Waals surface area contributed by atoms with Crippen molar-refractivity contribution in [2.45, 2.75) is 6.92 Å². The number of pyridine rings is 1. The van der Waals surface area contributed by atoms with Crippen LogP contribution < -0.4 is 10.2 Å². The summed E-state index contributed by atoms with van der Waals surface area (Å²) in [5.41, 5.74) is 2.41. The van der Waals surface area contributed by atoms with Crippen molar-refractivity contribution in [2.24, 2.45) is 0 Å². The summed E-state index contributed by atoms with van der Waals surface area (Å²) in [7, 11) is 0. The standard InChI is InChI=1S/C15H14N6O/c1-2-21-12(22)8-19-14-15(21)20-11(7-18-14)10-5-9-3-4-16-13(9)17-6-10/h3-7H,2,8H2,1H3,(H,16,17)(H,18,19). The number of rotatable bonds is 2. The lowest BCUT2D eigenvalue weighted by Gasteiger charge is -2.27. The van der Waals surface area contributed by atoms with Crippen LogP contribution in [0.4, 0.5) is 11.6 Å². The fourth-order valence-electron chi connectivity index (χ4n) is 2.61. The first-order valence-electron chi connectivity index (χ1n) is 7.11. The second-order valence-corrected chi connectivity index (χ2v) is 5.06. The van der Waals surface area contributed by atoms with Crippen LogP contribution in [-0.4, -0.2) is 38.9 Å². The molecule has 0 fully saturated rings. The minimum atomic E-state index is 0.000613. The van der Waals surface area contributed by atoms with Gasteiger partial charge in [-0.2, -0.15) is 0 Å². The summed E-state index contributed by atoms with van der Waals surface area (Å²) in [6, 6.07) is 3.96. The molecule has 1 aliphatic rings.